The van der Waals surface area contributed by atoms with Crippen molar-refractivity contribution < 1.29 is 0 Å². The van der Waals surface area contributed by atoms with Gasteiger partial charge in [-0.15, -0.1) is 0 Å². The maximum atomic E-state index is 2.56. The van der Waals surface area contributed by atoms with Gasteiger partial charge in [0.2, 0.25) is 0 Å². The second kappa shape index (κ2) is 5.55. The van der Waals surface area contributed by atoms with Crippen LogP contribution < -0.4 is 0 Å². The predicted molar refractivity (Wildman–Crippen MR) is 53.5 cm³/mol. The summed E-state index contributed by atoms with van der Waals surface area (Å²) in [6, 6.07) is 0. The first-order chi connectivity index (χ1) is 5.86. The summed E-state index contributed by atoms with van der Waals surface area (Å²) in [5.41, 5.74) is 0. The van der Waals surface area contributed by atoms with Crippen LogP contribution in [0, 0.1) is 0 Å². The Morgan fingerprint density at radius 2 is 1.92 bits per heavy atom. The van der Waals surface area contributed by atoms with Crippen LogP contribution in [0.3, 0.4) is 0 Å². The molecule has 0 aliphatic carbocycles. The summed E-state index contributed by atoms with van der Waals surface area (Å²) in [7, 11) is 0. The molecule has 1 saturated heterocycles. The van der Waals surface area contributed by atoms with Crippen molar-refractivity contribution in [1.82, 2.24) is 9.80 Å². The van der Waals surface area contributed by atoms with Gasteiger partial charge in [0.15, 0.2) is 0 Å². The van der Waals surface area contributed by atoms with E-state index in [0.29, 0.717) is 0 Å². The fraction of sp³-hybridized carbons (Fsp3) is 1.00. The standard InChI is InChI=1S/C10H22N2/c1-3-5-6-11(4-2)7-8-12-9-10-12/h3-10H2,1-2H3. The van der Waals surface area contributed by atoms with Gasteiger partial charge in [0, 0.05) is 26.2 Å². The molecule has 0 aromatic heterocycles. The van der Waals surface area contributed by atoms with Gasteiger partial charge < -0.3 is 4.90 Å². The first-order valence-electron chi connectivity index (χ1n) is 5.31. The lowest BCUT2D eigenvalue weighted by molar-refractivity contribution is 0.268. The first-order valence-corrected chi connectivity index (χ1v) is 5.31. The fourth-order valence-electron chi connectivity index (χ4n) is 1.39. The van der Waals surface area contributed by atoms with Crippen LogP contribution in [0.25, 0.3) is 0 Å². The highest BCUT2D eigenvalue weighted by atomic mass is 15.3. The van der Waals surface area contributed by atoms with Gasteiger partial charge in [-0.1, -0.05) is 20.3 Å². The molecular weight excluding hydrogens is 148 g/mol. The molecule has 1 rings (SSSR count). The zero-order valence-corrected chi connectivity index (χ0v) is 8.55. The minimum Gasteiger partial charge on any atom is -0.302 e. The highest BCUT2D eigenvalue weighted by Crippen LogP contribution is 2.03. The zero-order valence-electron chi connectivity index (χ0n) is 8.55. The Labute approximate surface area is 76.5 Å². The van der Waals surface area contributed by atoms with E-state index in [-0.39, 0.29) is 0 Å². The summed E-state index contributed by atoms with van der Waals surface area (Å²) in [5, 5.41) is 0. The van der Waals surface area contributed by atoms with Crippen LogP contribution in [-0.2, 0) is 0 Å². The van der Waals surface area contributed by atoms with E-state index >= 15 is 0 Å². The second-order valence-electron chi connectivity index (χ2n) is 3.63. The van der Waals surface area contributed by atoms with Crippen molar-refractivity contribution >= 4 is 0 Å². The van der Waals surface area contributed by atoms with Gasteiger partial charge in [-0.25, -0.2) is 0 Å². The summed E-state index contributed by atoms with van der Waals surface area (Å²) in [5.74, 6) is 0. The molecule has 2 heteroatoms. The molecule has 1 heterocycles. The normalized spacial score (nSPS) is 17.2. The average molecular weight is 170 g/mol. The molecule has 0 atom stereocenters. The van der Waals surface area contributed by atoms with Gasteiger partial charge in [-0.3, -0.25) is 4.90 Å². The SMILES string of the molecule is CCCCN(CC)CCN1CC1. The van der Waals surface area contributed by atoms with Crippen molar-refractivity contribution in [3.8, 4) is 0 Å². The number of hydrogen-bond donors (Lipinski definition) is 0. The van der Waals surface area contributed by atoms with Crippen molar-refractivity contribution in [2.24, 2.45) is 0 Å². The molecule has 1 fully saturated rings. The molecule has 0 spiro atoms. The molecule has 0 radical (unpaired) electrons. The van der Waals surface area contributed by atoms with Crippen molar-refractivity contribution in [3.05, 3.63) is 0 Å². The average Bonchev–Trinajstić information content (AvgIpc) is 2.89. The van der Waals surface area contributed by atoms with Crippen LogP contribution in [-0.4, -0.2) is 49.1 Å². The van der Waals surface area contributed by atoms with Gasteiger partial charge in [-0.05, 0) is 19.5 Å². The number of nitrogens with zero attached hydrogens (tertiary/aromatic N) is 2. The summed E-state index contributed by atoms with van der Waals surface area (Å²) >= 11 is 0. The van der Waals surface area contributed by atoms with Gasteiger partial charge in [0.1, 0.15) is 0 Å². The van der Waals surface area contributed by atoms with E-state index in [1.165, 1.54) is 52.1 Å². The molecule has 0 aromatic rings. The third-order valence-corrected chi connectivity index (χ3v) is 2.55. The third-order valence-electron chi connectivity index (χ3n) is 2.55. The zero-order chi connectivity index (χ0) is 8.81. The molecule has 0 saturated carbocycles. The van der Waals surface area contributed by atoms with Crippen LogP contribution in [0.15, 0.2) is 0 Å². The van der Waals surface area contributed by atoms with Crippen LogP contribution in [0.1, 0.15) is 26.7 Å². The molecule has 2 nitrogen and oxygen atoms in total. The van der Waals surface area contributed by atoms with Crippen molar-refractivity contribution in [2.75, 3.05) is 39.3 Å². The van der Waals surface area contributed by atoms with E-state index in [1.54, 1.807) is 0 Å². The molecule has 0 aromatic carbocycles. The van der Waals surface area contributed by atoms with E-state index in [0.717, 1.165) is 0 Å². The quantitative estimate of drug-likeness (QED) is 0.533. The Hall–Kier alpha value is -0.0800. The van der Waals surface area contributed by atoms with Crippen LogP contribution >= 0.6 is 0 Å². The lowest BCUT2D eigenvalue weighted by Gasteiger charge is -2.19. The number of rotatable bonds is 7. The summed E-state index contributed by atoms with van der Waals surface area (Å²) in [6.45, 7) is 12.3. The topological polar surface area (TPSA) is 6.25 Å². The van der Waals surface area contributed by atoms with Gasteiger partial charge in [0.25, 0.3) is 0 Å². The summed E-state index contributed by atoms with van der Waals surface area (Å²) in [6.07, 6.45) is 2.67. The fourth-order valence-corrected chi connectivity index (χ4v) is 1.39. The van der Waals surface area contributed by atoms with E-state index in [9.17, 15) is 0 Å². The first kappa shape index (κ1) is 10.0. The smallest absolute Gasteiger partial charge is 0.0110 e. The Balaban J connectivity index is 1.98. The Bertz CT molecular complexity index is 110. The molecule has 0 bridgehead atoms. The Kier molecular flexibility index (Phi) is 4.62. The maximum Gasteiger partial charge on any atom is 0.0110 e. The number of likely N-dealkylation sites (N-methyl/N-ethyl adjacent to an activating group) is 1. The highest BCUT2D eigenvalue weighted by molar-refractivity contribution is 4.73. The predicted octanol–water partition coefficient (Wildman–Crippen LogP) is 1.42. The second-order valence-corrected chi connectivity index (χ2v) is 3.63. The molecule has 72 valence electrons. The molecule has 1 aliphatic rings. The Morgan fingerprint density at radius 1 is 1.17 bits per heavy atom. The lowest BCUT2D eigenvalue weighted by atomic mass is 10.3. The van der Waals surface area contributed by atoms with Crippen LogP contribution in [0.2, 0.25) is 0 Å². The van der Waals surface area contributed by atoms with E-state index < -0.39 is 0 Å². The molecule has 0 N–H and O–H groups in total. The van der Waals surface area contributed by atoms with E-state index in [4.69, 9.17) is 0 Å². The summed E-state index contributed by atoms with van der Waals surface area (Å²) < 4.78 is 0. The molecular formula is C10H22N2. The summed E-state index contributed by atoms with van der Waals surface area (Å²) in [4.78, 5) is 5.05. The minimum absolute atomic E-state index is 1.22. The minimum atomic E-state index is 1.22. The van der Waals surface area contributed by atoms with Crippen molar-refractivity contribution in [1.29, 1.82) is 0 Å². The largest absolute Gasteiger partial charge is 0.302 e. The molecule has 12 heavy (non-hydrogen) atoms. The van der Waals surface area contributed by atoms with Crippen molar-refractivity contribution in [2.45, 2.75) is 26.7 Å². The maximum absolute atomic E-state index is 2.56. The van der Waals surface area contributed by atoms with E-state index in [1.807, 2.05) is 0 Å². The van der Waals surface area contributed by atoms with Crippen LogP contribution in [0.4, 0.5) is 0 Å². The monoisotopic (exact) mass is 170 g/mol. The van der Waals surface area contributed by atoms with Gasteiger partial charge in [-0.2, -0.15) is 0 Å². The van der Waals surface area contributed by atoms with E-state index in [2.05, 4.69) is 23.6 Å². The van der Waals surface area contributed by atoms with Crippen molar-refractivity contribution in [3.63, 3.8) is 0 Å². The lowest BCUT2D eigenvalue weighted by Crippen LogP contribution is -2.29. The third kappa shape index (κ3) is 4.07. The van der Waals surface area contributed by atoms with Gasteiger partial charge >= 0.3 is 0 Å². The van der Waals surface area contributed by atoms with Gasteiger partial charge in [0.05, 0.1) is 0 Å². The number of unbranched alkanes of at least 4 members (excludes halogenated alkanes) is 1. The number of hydrogen-bond acceptors (Lipinski definition) is 2. The molecule has 1 aliphatic heterocycles. The van der Waals surface area contributed by atoms with Crippen LogP contribution in [0.5, 0.6) is 0 Å². The highest BCUT2D eigenvalue weighted by Gasteiger charge is 2.16. The Morgan fingerprint density at radius 3 is 2.42 bits per heavy atom. The molecule has 0 unspecified atom stereocenters. The molecule has 0 amide bonds.